The molecule has 4 heteroatoms. The summed E-state index contributed by atoms with van der Waals surface area (Å²) in [4.78, 5) is 14.2. The molecule has 22 heavy (non-hydrogen) atoms. The first kappa shape index (κ1) is 14.8. The molecule has 1 fully saturated rings. The Morgan fingerprint density at radius 3 is 2.64 bits per heavy atom. The fraction of sp³-hybridized carbons (Fsp3) is 0.444. The number of amides is 1. The van der Waals surface area contributed by atoms with Crippen molar-refractivity contribution in [1.29, 1.82) is 0 Å². The number of rotatable bonds is 4. The van der Waals surface area contributed by atoms with E-state index in [0.29, 0.717) is 6.42 Å². The summed E-state index contributed by atoms with van der Waals surface area (Å²) in [6, 6.07) is 12.5. The van der Waals surface area contributed by atoms with Crippen molar-refractivity contribution in [3.05, 3.63) is 53.9 Å². The van der Waals surface area contributed by atoms with E-state index in [1.165, 1.54) is 5.56 Å². The standard InChI is InChI=1S/C18H23N3O/c1-15-9-11-21(19-15)13-12-20-14-18(2,10-8-17(20)22)16-6-4-3-5-7-16/h3-7,9,11H,8,10,12-14H2,1-2H3/t18-/m1/s1. The summed E-state index contributed by atoms with van der Waals surface area (Å²) in [5.74, 6) is 0.261. The Balaban J connectivity index is 1.69. The van der Waals surface area contributed by atoms with Crippen LogP contribution in [0.5, 0.6) is 0 Å². The zero-order valence-electron chi connectivity index (χ0n) is 13.3. The summed E-state index contributed by atoms with van der Waals surface area (Å²) in [6.45, 7) is 6.51. The lowest BCUT2D eigenvalue weighted by Gasteiger charge is -2.40. The number of aryl methyl sites for hydroxylation is 1. The van der Waals surface area contributed by atoms with Gasteiger partial charge in [0.2, 0.25) is 5.91 Å². The average molecular weight is 297 g/mol. The van der Waals surface area contributed by atoms with Crippen LogP contribution in [-0.4, -0.2) is 33.7 Å². The van der Waals surface area contributed by atoms with Gasteiger partial charge in [-0.2, -0.15) is 5.10 Å². The summed E-state index contributed by atoms with van der Waals surface area (Å²) < 4.78 is 1.91. The van der Waals surface area contributed by atoms with Crippen molar-refractivity contribution < 1.29 is 4.79 Å². The number of aromatic nitrogens is 2. The number of piperidine rings is 1. The van der Waals surface area contributed by atoms with E-state index in [0.717, 1.165) is 31.7 Å². The van der Waals surface area contributed by atoms with Crippen LogP contribution in [0.15, 0.2) is 42.6 Å². The Hall–Kier alpha value is -2.10. The number of carbonyl (C=O) groups excluding carboxylic acids is 1. The highest BCUT2D eigenvalue weighted by molar-refractivity contribution is 5.77. The smallest absolute Gasteiger partial charge is 0.222 e. The number of benzene rings is 1. The van der Waals surface area contributed by atoms with Crippen LogP contribution >= 0.6 is 0 Å². The van der Waals surface area contributed by atoms with Gasteiger partial charge in [-0.15, -0.1) is 0 Å². The SMILES string of the molecule is Cc1ccn(CCN2C[C@](C)(c3ccccc3)CCC2=O)n1. The maximum absolute atomic E-state index is 12.2. The predicted octanol–water partition coefficient (Wildman–Crippen LogP) is 2.77. The van der Waals surface area contributed by atoms with Crippen LogP contribution in [-0.2, 0) is 16.8 Å². The van der Waals surface area contributed by atoms with E-state index in [9.17, 15) is 4.79 Å². The third-order valence-corrected chi connectivity index (χ3v) is 4.63. The molecule has 0 radical (unpaired) electrons. The maximum Gasteiger partial charge on any atom is 0.222 e. The summed E-state index contributed by atoms with van der Waals surface area (Å²) in [5, 5.41) is 4.39. The molecular weight excluding hydrogens is 274 g/mol. The Kier molecular flexibility index (Phi) is 4.01. The summed E-state index contributed by atoms with van der Waals surface area (Å²) in [5.41, 5.74) is 2.39. The summed E-state index contributed by atoms with van der Waals surface area (Å²) in [6.07, 6.45) is 3.52. The van der Waals surface area contributed by atoms with Crippen molar-refractivity contribution in [2.24, 2.45) is 0 Å². The minimum atomic E-state index is 0.0508. The predicted molar refractivity (Wildman–Crippen MR) is 86.6 cm³/mol. The molecule has 0 spiro atoms. The van der Waals surface area contributed by atoms with Crippen LogP contribution in [0.25, 0.3) is 0 Å². The second kappa shape index (κ2) is 5.95. The molecule has 116 valence electrons. The molecule has 1 aliphatic heterocycles. The first-order valence-electron chi connectivity index (χ1n) is 7.90. The Morgan fingerprint density at radius 2 is 1.95 bits per heavy atom. The molecule has 1 amide bonds. The van der Waals surface area contributed by atoms with Gasteiger partial charge in [-0.1, -0.05) is 37.3 Å². The number of hydrogen-bond acceptors (Lipinski definition) is 2. The minimum absolute atomic E-state index is 0.0508. The highest BCUT2D eigenvalue weighted by Crippen LogP contribution is 2.33. The minimum Gasteiger partial charge on any atom is -0.340 e. The molecule has 0 N–H and O–H groups in total. The first-order valence-corrected chi connectivity index (χ1v) is 7.90. The van der Waals surface area contributed by atoms with Crippen molar-refractivity contribution in [2.45, 2.75) is 38.6 Å². The molecule has 0 unspecified atom stereocenters. The third kappa shape index (κ3) is 3.06. The van der Waals surface area contributed by atoms with Gasteiger partial charge >= 0.3 is 0 Å². The molecule has 2 aromatic rings. The Morgan fingerprint density at radius 1 is 1.18 bits per heavy atom. The van der Waals surface area contributed by atoms with E-state index in [4.69, 9.17) is 0 Å². The fourth-order valence-corrected chi connectivity index (χ4v) is 3.22. The van der Waals surface area contributed by atoms with Crippen LogP contribution in [0.1, 0.15) is 31.0 Å². The first-order chi connectivity index (χ1) is 10.6. The highest BCUT2D eigenvalue weighted by atomic mass is 16.2. The van der Waals surface area contributed by atoms with Crippen LogP contribution < -0.4 is 0 Å². The van der Waals surface area contributed by atoms with Crippen LogP contribution in [0.4, 0.5) is 0 Å². The van der Waals surface area contributed by atoms with Crippen LogP contribution in [0.2, 0.25) is 0 Å². The number of hydrogen-bond donors (Lipinski definition) is 0. The largest absolute Gasteiger partial charge is 0.340 e. The monoisotopic (exact) mass is 297 g/mol. The molecule has 1 aromatic carbocycles. The number of nitrogens with zero attached hydrogens (tertiary/aromatic N) is 3. The maximum atomic E-state index is 12.2. The molecule has 1 atom stereocenters. The van der Waals surface area contributed by atoms with Gasteiger partial charge in [0.15, 0.2) is 0 Å². The van der Waals surface area contributed by atoms with E-state index in [-0.39, 0.29) is 11.3 Å². The lowest BCUT2D eigenvalue weighted by atomic mass is 9.76. The molecule has 1 aromatic heterocycles. The Labute approximate surface area is 131 Å². The van der Waals surface area contributed by atoms with Gasteiger partial charge in [0, 0.05) is 31.1 Å². The molecule has 4 nitrogen and oxygen atoms in total. The van der Waals surface area contributed by atoms with Crippen molar-refractivity contribution in [2.75, 3.05) is 13.1 Å². The van der Waals surface area contributed by atoms with Crippen LogP contribution in [0, 0.1) is 6.92 Å². The van der Waals surface area contributed by atoms with Crippen molar-refractivity contribution >= 4 is 5.91 Å². The summed E-state index contributed by atoms with van der Waals surface area (Å²) >= 11 is 0. The lowest BCUT2D eigenvalue weighted by Crippen LogP contribution is -2.48. The van der Waals surface area contributed by atoms with Gasteiger partial charge < -0.3 is 4.90 Å². The van der Waals surface area contributed by atoms with E-state index < -0.39 is 0 Å². The third-order valence-electron chi connectivity index (χ3n) is 4.63. The van der Waals surface area contributed by atoms with E-state index >= 15 is 0 Å². The second-order valence-electron chi connectivity index (χ2n) is 6.46. The molecule has 1 aliphatic rings. The molecule has 2 heterocycles. The fourth-order valence-electron chi connectivity index (χ4n) is 3.22. The van der Waals surface area contributed by atoms with Crippen LogP contribution in [0.3, 0.4) is 0 Å². The van der Waals surface area contributed by atoms with E-state index in [1.807, 2.05) is 34.8 Å². The second-order valence-corrected chi connectivity index (χ2v) is 6.46. The molecule has 1 saturated heterocycles. The van der Waals surface area contributed by atoms with Gasteiger partial charge in [-0.25, -0.2) is 0 Å². The zero-order chi connectivity index (χ0) is 15.6. The van der Waals surface area contributed by atoms with Gasteiger partial charge in [-0.3, -0.25) is 9.48 Å². The molecule has 0 aliphatic carbocycles. The van der Waals surface area contributed by atoms with Gasteiger partial charge in [0.05, 0.1) is 12.2 Å². The molecule has 0 saturated carbocycles. The van der Waals surface area contributed by atoms with Gasteiger partial charge in [0.1, 0.15) is 0 Å². The van der Waals surface area contributed by atoms with E-state index in [1.54, 1.807) is 0 Å². The molecule has 0 bridgehead atoms. The Bertz CT molecular complexity index is 649. The topological polar surface area (TPSA) is 38.1 Å². The summed E-state index contributed by atoms with van der Waals surface area (Å²) in [7, 11) is 0. The number of likely N-dealkylation sites (tertiary alicyclic amines) is 1. The number of carbonyl (C=O) groups is 1. The van der Waals surface area contributed by atoms with Gasteiger partial charge in [-0.05, 0) is 25.0 Å². The van der Waals surface area contributed by atoms with E-state index in [2.05, 4.69) is 36.3 Å². The highest BCUT2D eigenvalue weighted by Gasteiger charge is 2.35. The van der Waals surface area contributed by atoms with Crippen molar-refractivity contribution in [3.8, 4) is 0 Å². The van der Waals surface area contributed by atoms with Crippen molar-refractivity contribution in [1.82, 2.24) is 14.7 Å². The zero-order valence-corrected chi connectivity index (χ0v) is 13.3. The average Bonchev–Trinajstić information content (AvgIpc) is 2.95. The molecular formula is C18H23N3O. The van der Waals surface area contributed by atoms with Crippen molar-refractivity contribution in [3.63, 3.8) is 0 Å². The van der Waals surface area contributed by atoms with Gasteiger partial charge in [0.25, 0.3) is 0 Å². The quantitative estimate of drug-likeness (QED) is 0.870. The lowest BCUT2D eigenvalue weighted by molar-refractivity contribution is -0.135. The normalized spacial score (nSPS) is 22.1. The molecule has 3 rings (SSSR count).